The first-order valence-corrected chi connectivity index (χ1v) is 6.33. The molecule has 0 aromatic heterocycles. The van der Waals surface area contributed by atoms with Crippen LogP contribution in [0, 0.1) is 17.8 Å². The molecule has 0 spiro atoms. The Bertz CT molecular complexity index is 384. The number of carbonyl (C=O) groups is 2. The van der Waals surface area contributed by atoms with Gasteiger partial charge in [0.1, 0.15) is 13.2 Å². The SMILES string of the molecule is C=CCOC(=O)C1C=CCC(C)C1C(=O)OCC=C. The molecule has 1 aliphatic carbocycles. The van der Waals surface area contributed by atoms with Gasteiger partial charge in [-0.25, -0.2) is 0 Å². The summed E-state index contributed by atoms with van der Waals surface area (Å²) in [4.78, 5) is 24.0. The van der Waals surface area contributed by atoms with Crippen LogP contribution in [0.5, 0.6) is 0 Å². The van der Waals surface area contributed by atoms with Crippen LogP contribution >= 0.6 is 0 Å². The topological polar surface area (TPSA) is 52.6 Å². The molecular weight excluding hydrogens is 244 g/mol. The second-order valence-corrected chi connectivity index (χ2v) is 4.53. The Morgan fingerprint density at radius 2 is 1.79 bits per heavy atom. The van der Waals surface area contributed by atoms with Gasteiger partial charge >= 0.3 is 11.9 Å². The molecule has 0 amide bonds. The first-order chi connectivity index (χ1) is 9.11. The summed E-state index contributed by atoms with van der Waals surface area (Å²) in [6.07, 6.45) is 7.39. The number of hydrogen-bond acceptors (Lipinski definition) is 4. The Balaban J connectivity index is 2.79. The summed E-state index contributed by atoms with van der Waals surface area (Å²) in [5.41, 5.74) is 0. The van der Waals surface area contributed by atoms with E-state index in [1.54, 1.807) is 6.08 Å². The fraction of sp³-hybridized carbons (Fsp3) is 0.467. The molecule has 0 saturated carbocycles. The lowest BCUT2D eigenvalue weighted by Gasteiger charge is -2.29. The van der Waals surface area contributed by atoms with Crippen molar-refractivity contribution in [1.29, 1.82) is 0 Å². The van der Waals surface area contributed by atoms with Crippen molar-refractivity contribution in [3.05, 3.63) is 37.5 Å². The maximum atomic E-state index is 12.0. The molecule has 3 atom stereocenters. The van der Waals surface area contributed by atoms with E-state index in [1.165, 1.54) is 12.2 Å². The predicted molar refractivity (Wildman–Crippen MR) is 72.2 cm³/mol. The van der Waals surface area contributed by atoms with Crippen molar-refractivity contribution in [3.63, 3.8) is 0 Å². The van der Waals surface area contributed by atoms with Crippen molar-refractivity contribution < 1.29 is 19.1 Å². The molecule has 0 heterocycles. The Hall–Kier alpha value is -1.84. The Morgan fingerprint density at radius 3 is 2.37 bits per heavy atom. The van der Waals surface area contributed by atoms with Crippen LogP contribution in [0.3, 0.4) is 0 Å². The van der Waals surface area contributed by atoms with Crippen LogP contribution < -0.4 is 0 Å². The average Bonchev–Trinajstić information content (AvgIpc) is 2.41. The molecule has 0 fully saturated rings. The van der Waals surface area contributed by atoms with Gasteiger partial charge in [-0.2, -0.15) is 0 Å². The monoisotopic (exact) mass is 264 g/mol. The third-order valence-corrected chi connectivity index (χ3v) is 3.08. The van der Waals surface area contributed by atoms with Gasteiger partial charge in [-0.1, -0.05) is 44.4 Å². The van der Waals surface area contributed by atoms with Crippen LogP contribution in [0.1, 0.15) is 13.3 Å². The van der Waals surface area contributed by atoms with Crippen LogP contribution in [-0.2, 0) is 19.1 Å². The molecule has 0 saturated heterocycles. The summed E-state index contributed by atoms with van der Waals surface area (Å²) in [6, 6.07) is 0. The maximum Gasteiger partial charge on any atom is 0.313 e. The zero-order chi connectivity index (χ0) is 14.3. The quantitative estimate of drug-likeness (QED) is 0.545. The summed E-state index contributed by atoms with van der Waals surface area (Å²) in [6.45, 7) is 9.21. The van der Waals surface area contributed by atoms with E-state index in [0.29, 0.717) is 0 Å². The van der Waals surface area contributed by atoms with E-state index in [0.717, 1.165) is 6.42 Å². The van der Waals surface area contributed by atoms with Gasteiger partial charge in [-0.3, -0.25) is 9.59 Å². The lowest BCUT2D eigenvalue weighted by Crippen LogP contribution is -2.37. The fourth-order valence-electron chi connectivity index (χ4n) is 2.14. The first-order valence-electron chi connectivity index (χ1n) is 6.33. The van der Waals surface area contributed by atoms with E-state index in [-0.39, 0.29) is 25.1 Å². The predicted octanol–water partition coefficient (Wildman–Crippen LogP) is 2.27. The normalized spacial score (nSPS) is 25.4. The highest BCUT2D eigenvalue weighted by Crippen LogP contribution is 2.32. The van der Waals surface area contributed by atoms with Gasteiger partial charge in [0.2, 0.25) is 0 Å². The Morgan fingerprint density at radius 1 is 1.21 bits per heavy atom. The van der Waals surface area contributed by atoms with Gasteiger partial charge in [0.15, 0.2) is 0 Å². The molecule has 4 heteroatoms. The molecule has 0 aromatic carbocycles. The first kappa shape index (κ1) is 15.2. The van der Waals surface area contributed by atoms with Crippen molar-refractivity contribution in [2.24, 2.45) is 17.8 Å². The Labute approximate surface area is 113 Å². The number of esters is 2. The fourth-order valence-corrected chi connectivity index (χ4v) is 2.14. The van der Waals surface area contributed by atoms with E-state index < -0.39 is 17.8 Å². The van der Waals surface area contributed by atoms with Gasteiger partial charge < -0.3 is 9.47 Å². The van der Waals surface area contributed by atoms with Crippen molar-refractivity contribution in [2.75, 3.05) is 13.2 Å². The van der Waals surface area contributed by atoms with Gasteiger partial charge in [0, 0.05) is 0 Å². The van der Waals surface area contributed by atoms with E-state index in [2.05, 4.69) is 13.2 Å². The van der Waals surface area contributed by atoms with E-state index in [9.17, 15) is 9.59 Å². The molecule has 1 aliphatic rings. The Kier molecular flexibility index (Phi) is 6.06. The summed E-state index contributed by atoms with van der Waals surface area (Å²) in [5, 5.41) is 0. The molecule has 3 unspecified atom stereocenters. The summed E-state index contributed by atoms with van der Waals surface area (Å²) >= 11 is 0. The molecule has 0 aromatic rings. The van der Waals surface area contributed by atoms with Crippen molar-refractivity contribution in [3.8, 4) is 0 Å². The molecule has 104 valence electrons. The molecule has 0 radical (unpaired) electrons. The number of rotatable bonds is 6. The molecule has 4 nitrogen and oxygen atoms in total. The third kappa shape index (κ3) is 4.09. The third-order valence-electron chi connectivity index (χ3n) is 3.08. The minimum Gasteiger partial charge on any atom is -0.461 e. The highest BCUT2D eigenvalue weighted by molar-refractivity contribution is 5.84. The molecule has 0 aliphatic heterocycles. The number of hydrogen-bond donors (Lipinski definition) is 0. The van der Waals surface area contributed by atoms with E-state index >= 15 is 0 Å². The van der Waals surface area contributed by atoms with Crippen LogP contribution in [0.4, 0.5) is 0 Å². The maximum absolute atomic E-state index is 12.0. The minimum atomic E-state index is -0.582. The summed E-state index contributed by atoms with van der Waals surface area (Å²) in [5.74, 6) is -1.83. The lowest BCUT2D eigenvalue weighted by molar-refractivity contribution is -0.160. The van der Waals surface area contributed by atoms with Crippen LogP contribution in [0.15, 0.2) is 37.5 Å². The standard InChI is InChI=1S/C15H20O4/c1-4-9-18-14(16)12-8-6-7-11(3)13(12)15(17)19-10-5-2/h4-6,8,11-13H,1-2,7,9-10H2,3H3. The van der Waals surface area contributed by atoms with Gasteiger partial charge in [-0.15, -0.1) is 0 Å². The molecule has 19 heavy (non-hydrogen) atoms. The van der Waals surface area contributed by atoms with Gasteiger partial charge in [-0.05, 0) is 12.3 Å². The summed E-state index contributed by atoms with van der Waals surface area (Å²) in [7, 11) is 0. The van der Waals surface area contributed by atoms with Crippen molar-refractivity contribution in [2.45, 2.75) is 13.3 Å². The number of ether oxygens (including phenoxy) is 2. The van der Waals surface area contributed by atoms with Crippen LogP contribution in [-0.4, -0.2) is 25.2 Å². The second-order valence-electron chi connectivity index (χ2n) is 4.53. The minimum absolute atomic E-state index is 0.0450. The van der Waals surface area contributed by atoms with Gasteiger partial charge in [0.25, 0.3) is 0 Å². The van der Waals surface area contributed by atoms with E-state index in [4.69, 9.17) is 9.47 Å². The zero-order valence-electron chi connectivity index (χ0n) is 11.2. The van der Waals surface area contributed by atoms with Crippen molar-refractivity contribution >= 4 is 11.9 Å². The highest BCUT2D eigenvalue weighted by atomic mass is 16.5. The molecule has 0 N–H and O–H groups in total. The number of allylic oxidation sites excluding steroid dienone is 1. The average molecular weight is 264 g/mol. The number of carbonyl (C=O) groups excluding carboxylic acids is 2. The molecule has 1 rings (SSSR count). The van der Waals surface area contributed by atoms with Crippen molar-refractivity contribution in [1.82, 2.24) is 0 Å². The second kappa shape index (κ2) is 7.56. The smallest absolute Gasteiger partial charge is 0.313 e. The molecular formula is C15H20O4. The zero-order valence-corrected chi connectivity index (χ0v) is 11.2. The highest BCUT2D eigenvalue weighted by Gasteiger charge is 2.39. The van der Waals surface area contributed by atoms with Gasteiger partial charge in [0.05, 0.1) is 11.8 Å². The van der Waals surface area contributed by atoms with Crippen LogP contribution in [0.2, 0.25) is 0 Å². The summed E-state index contributed by atoms with van der Waals surface area (Å²) < 4.78 is 10.1. The van der Waals surface area contributed by atoms with E-state index in [1.807, 2.05) is 13.0 Å². The largest absolute Gasteiger partial charge is 0.461 e. The lowest BCUT2D eigenvalue weighted by atomic mass is 9.76. The molecule has 0 bridgehead atoms. The van der Waals surface area contributed by atoms with Crippen LogP contribution in [0.25, 0.3) is 0 Å².